The van der Waals surface area contributed by atoms with Gasteiger partial charge in [-0.15, -0.1) is 0 Å². The van der Waals surface area contributed by atoms with Crippen molar-refractivity contribution in [1.29, 1.82) is 0 Å². The summed E-state index contributed by atoms with van der Waals surface area (Å²) < 4.78 is 11.2. The Morgan fingerprint density at radius 3 is 2.70 bits per heavy atom. The second-order valence-electron chi connectivity index (χ2n) is 5.71. The molecule has 0 saturated heterocycles. The fourth-order valence-corrected chi connectivity index (χ4v) is 2.29. The Morgan fingerprint density at radius 1 is 1.22 bits per heavy atom. The van der Waals surface area contributed by atoms with Crippen LogP contribution >= 0.6 is 0 Å². The van der Waals surface area contributed by atoms with Crippen molar-refractivity contribution in [2.24, 2.45) is 0 Å². The third-order valence-corrected chi connectivity index (χ3v) is 3.67. The highest BCUT2D eigenvalue weighted by molar-refractivity contribution is 5.98. The predicted molar refractivity (Wildman–Crippen MR) is 99.0 cm³/mol. The molecule has 0 unspecified atom stereocenters. The number of benzene rings is 1. The zero-order chi connectivity index (χ0) is 19.8. The van der Waals surface area contributed by atoms with Crippen LogP contribution in [0.1, 0.15) is 10.5 Å². The maximum absolute atomic E-state index is 12.5. The zero-order valence-corrected chi connectivity index (χ0v) is 15.5. The van der Waals surface area contributed by atoms with Crippen molar-refractivity contribution in [2.45, 2.75) is 6.54 Å². The lowest BCUT2D eigenvalue weighted by atomic mass is 10.3. The van der Waals surface area contributed by atoms with E-state index >= 15 is 0 Å². The van der Waals surface area contributed by atoms with Gasteiger partial charge in [-0.05, 0) is 18.2 Å². The molecule has 0 fully saturated rings. The Balaban J connectivity index is 2.02. The SMILES string of the molecule is COCCn1nc(C(=O)N(C)CC(=O)Nc2cccc(OC)c2)ccc1=O. The molecule has 0 aliphatic rings. The fourth-order valence-electron chi connectivity index (χ4n) is 2.29. The van der Waals surface area contributed by atoms with Gasteiger partial charge in [0.15, 0.2) is 0 Å². The average molecular weight is 374 g/mol. The molecule has 27 heavy (non-hydrogen) atoms. The molecule has 2 amide bonds. The summed E-state index contributed by atoms with van der Waals surface area (Å²) in [6, 6.07) is 9.50. The van der Waals surface area contributed by atoms with Crippen LogP contribution in [0.5, 0.6) is 5.75 Å². The largest absolute Gasteiger partial charge is 0.497 e. The molecule has 0 aliphatic carbocycles. The number of nitrogens with zero attached hydrogens (tertiary/aromatic N) is 3. The number of hydrogen-bond acceptors (Lipinski definition) is 6. The standard InChI is InChI=1S/C18H22N4O5/c1-21(12-16(23)19-13-5-4-6-14(11-13)27-3)18(25)15-7-8-17(24)22(20-15)9-10-26-2/h4-8,11H,9-10,12H2,1-3H3,(H,19,23). The molecule has 0 bridgehead atoms. The predicted octanol–water partition coefficient (Wildman–Crippen LogP) is 0.609. The van der Waals surface area contributed by atoms with Crippen molar-refractivity contribution in [3.8, 4) is 5.75 Å². The summed E-state index contributed by atoms with van der Waals surface area (Å²) in [4.78, 5) is 37.6. The van der Waals surface area contributed by atoms with E-state index in [-0.39, 0.29) is 30.2 Å². The van der Waals surface area contributed by atoms with Crippen molar-refractivity contribution in [1.82, 2.24) is 14.7 Å². The van der Waals surface area contributed by atoms with Crippen molar-refractivity contribution in [2.75, 3.05) is 39.7 Å². The molecular weight excluding hydrogens is 352 g/mol. The Hall–Kier alpha value is -3.20. The first-order valence-electron chi connectivity index (χ1n) is 8.21. The normalized spacial score (nSPS) is 10.3. The van der Waals surface area contributed by atoms with Crippen LogP contribution in [0.25, 0.3) is 0 Å². The molecule has 2 aromatic rings. The molecule has 2 rings (SSSR count). The highest BCUT2D eigenvalue weighted by Gasteiger charge is 2.17. The fraction of sp³-hybridized carbons (Fsp3) is 0.333. The minimum atomic E-state index is -0.470. The first-order valence-corrected chi connectivity index (χ1v) is 8.21. The van der Waals surface area contributed by atoms with Gasteiger partial charge in [0.1, 0.15) is 11.4 Å². The van der Waals surface area contributed by atoms with Gasteiger partial charge in [0.25, 0.3) is 11.5 Å². The molecule has 0 spiro atoms. The van der Waals surface area contributed by atoms with Crippen LogP contribution in [0.4, 0.5) is 5.69 Å². The van der Waals surface area contributed by atoms with Gasteiger partial charge in [0, 0.05) is 32.0 Å². The molecule has 1 aromatic carbocycles. The first-order chi connectivity index (χ1) is 12.9. The van der Waals surface area contributed by atoms with E-state index < -0.39 is 5.91 Å². The first kappa shape index (κ1) is 20.1. The van der Waals surface area contributed by atoms with E-state index in [1.165, 1.54) is 38.3 Å². The van der Waals surface area contributed by atoms with Crippen LogP contribution in [0, 0.1) is 0 Å². The number of hydrogen-bond donors (Lipinski definition) is 1. The average Bonchev–Trinajstić information content (AvgIpc) is 2.66. The van der Waals surface area contributed by atoms with Crippen LogP contribution in [0.15, 0.2) is 41.2 Å². The molecule has 1 heterocycles. The summed E-state index contributed by atoms with van der Waals surface area (Å²) in [6.07, 6.45) is 0. The number of carbonyl (C=O) groups is 2. The van der Waals surface area contributed by atoms with Gasteiger partial charge in [-0.2, -0.15) is 5.10 Å². The van der Waals surface area contributed by atoms with Gasteiger partial charge in [-0.1, -0.05) is 6.07 Å². The van der Waals surface area contributed by atoms with Crippen LogP contribution < -0.4 is 15.6 Å². The molecule has 1 N–H and O–H groups in total. The second kappa shape index (κ2) is 9.48. The van der Waals surface area contributed by atoms with Gasteiger partial charge in [-0.25, -0.2) is 4.68 Å². The van der Waals surface area contributed by atoms with Gasteiger partial charge >= 0.3 is 0 Å². The monoisotopic (exact) mass is 374 g/mol. The molecule has 0 atom stereocenters. The Bertz CT molecular complexity index is 865. The summed E-state index contributed by atoms with van der Waals surface area (Å²) in [5.41, 5.74) is 0.302. The Labute approximate surface area is 156 Å². The van der Waals surface area contributed by atoms with E-state index in [1.807, 2.05) is 0 Å². The van der Waals surface area contributed by atoms with Gasteiger partial charge < -0.3 is 19.7 Å². The second-order valence-corrected chi connectivity index (χ2v) is 5.71. The maximum atomic E-state index is 12.5. The van der Waals surface area contributed by atoms with Crippen molar-refractivity contribution in [3.05, 3.63) is 52.4 Å². The zero-order valence-electron chi connectivity index (χ0n) is 15.5. The number of nitrogens with one attached hydrogen (secondary N) is 1. The van der Waals surface area contributed by atoms with Crippen molar-refractivity contribution < 1.29 is 19.1 Å². The summed E-state index contributed by atoms with van der Waals surface area (Å²) in [5, 5.41) is 6.73. The number of methoxy groups -OCH3 is 2. The summed E-state index contributed by atoms with van der Waals surface area (Å²) in [6.45, 7) is 0.356. The summed E-state index contributed by atoms with van der Waals surface area (Å²) in [7, 11) is 4.53. The smallest absolute Gasteiger partial charge is 0.274 e. The number of ether oxygens (including phenoxy) is 2. The lowest BCUT2D eigenvalue weighted by molar-refractivity contribution is -0.116. The van der Waals surface area contributed by atoms with Crippen molar-refractivity contribution >= 4 is 17.5 Å². The highest BCUT2D eigenvalue weighted by Crippen LogP contribution is 2.16. The Kier molecular flexibility index (Phi) is 7.07. The maximum Gasteiger partial charge on any atom is 0.274 e. The van der Waals surface area contributed by atoms with E-state index in [4.69, 9.17) is 9.47 Å². The third kappa shape index (κ3) is 5.65. The number of amides is 2. The van der Waals surface area contributed by atoms with Crippen LogP contribution in [-0.2, 0) is 16.1 Å². The van der Waals surface area contributed by atoms with Crippen LogP contribution in [-0.4, -0.2) is 60.9 Å². The molecule has 0 saturated carbocycles. The lowest BCUT2D eigenvalue weighted by Crippen LogP contribution is -2.36. The molecule has 0 aliphatic heterocycles. The van der Waals surface area contributed by atoms with E-state index in [2.05, 4.69) is 10.4 Å². The molecule has 0 radical (unpaired) electrons. The summed E-state index contributed by atoms with van der Waals surface area (Å²) in [5.74, 6) is -0.228. The molecule has 9 heteroatoms. The molecular formula is C18H22N4O5. The Morgan fingerprint density at radius 2 is 2.00 bits per heavy atom. The van der Waals surface area contributed by atoms with Gasteiger partial charge in [-0.3, -0.25) is 14.4 Å². The number of anilines is 1. The van der Waals surface area contributed by atoms with E-state index in [9.17, 15) is 14.4 Å². The van der Waals surface area contributed by atoms with Gasteiger partial charge in [0.05, 0.1) is 26.8 Å². The van der Waals surface area contributed by atoms with E-state index in [1.54, 1.807) is 24.3 Å². The highest BCUT2D eigenvalue weighted by atomic mass is 16.5. The number of aromatic nitrogens is 2. The van der Waals surface area contributed by atoms with Crippen molar-refractivity contribution in [3.63, 3.8) is 0 Å². The molecule has 144 valence electrons. The number of carbonyl (C=O) groups excluding carboxylic acids is 2. The molecule has 1 aromatic heterocycles. The van der Waals surface area contributed by atoms with E-state index in [0.717, 1.165) is 4.68 Å². The number of rotatable bonds is 8. The van der Waals surface area contributed by atoms with E-state index in [0.29, 0.717) is 18.0 Å². The van der Waals surface area contributed by atoms with Gasteiger partial charge in [0.2, 0.25) is 5.91 Å². The van der Waals surface area contributed by atoms with Crippen LogP contribution in [0.3, 0.4) is 0 Å². The lowest BCUT2D eigenvalue weighted by Gasteiger charge is -2.17. The van der Waals surface area contributed by atoms with Crippen LogP contribution in [0.2, 0.25) is 0 Å². The summed E-state index contributed by atoms with van der Waals surface area (Å²) >= 11 is 0. The minimum Gasteiger partial charge on any atom is -0.497 e. The third-order valence-electron chi connectivity index (χ3n) is 3.67. The quantitative estimate of drug-likeness (QED) is 0.726. The minimum absolute atomic E-state index is 0.0717. The topological polar surface area (TPSA) is 103 Å². The molecule has 9 nitrogen and oxygen atoms in total. The number of likely N-dealkylation sites (N-methyl/N-ethyl adjacent to an activating group) is 1.